The molecule has 4 N–H and O–H groups in total. The molecule has 0 amide bonds. The summed E-state index contributed by atoms with van der Waals surface area (Å²) in [5.74, 6) is 0.834. The molecule has 2 aromatic heterocycles. The molecule has 1 atom stereocenters. The lowest BCUT2D eigenvalue weighted by molar-refractivity contribution is 0.101. The molecule has 3 aromatic rings. The van der Waals surface area contributed by atoms with Crippen LogP contribution in [-0.2, 0) is 6.54 Å². The van der Waals surface area contributed by atoms with Crippen molar-refractivity contribution in [1.29, 1.82) is 0 Å². The first kappa shape index (κ1) is 16.8. The number of aromatic amines is 1. The van der Waals surface area contributed by atoms with Crippen LogP contribution in [0.5, 0.6) is 0 Å². The molecule has 0 saturated heterocycles. The molecule has 130 valence electrons. The molecule has 9 nitrogen and oxygen atoms in total. The lowest BCUT2D eigenvalue weighted by Crippen LogP contribution is -2.17. The van der Waals surface area contributed by atoms with Gasteiger partial charge in [-0.15, -0.1) is 5.10 Å². The normalized spacial score (nSPS) is 12.1. The van der Waals surface area contributed by atoms with E-state index in [1.807, 2.05) is 18.2 Å². The second-order valence-electron chi connectivity index (χ2n) is 5.69. The number of nitrogens with zero attached hydrogens (tertiary/aromatic N) is 4. The minimum Gasteiger partial charge on any atom is -0.392 e. The Morgan fingerprint density at radius 3 is 2.80 bits per heavy atom. The minimum atomic E-state index is -0.532. The molecule has 0 spiro atoms. The van der Waals surface area contributed by atoms with Crippen LogP contribution in [0.4, 0.5) is 11.8 Å². The van der Waals surface area contributed by atoms with Crippen molar-refractivity contribution in [1.82, 2.24) is 25.4 Å². The third-order valence-electron chi connectivity index (χ3n) is 3.58. The van der Waals surface area contributed by atoms with Crippen molar-refractivity contribution in [3.05, 3.63) is 35.4 Å². The molecule has 0 aliphatic rings. The van der Waals surface area contributed by atoms with E-state index in [-0.39, 0.29) is 5.78 Å². The molecule has 25 heavy (non-hydrogen) atoms. The van der Waals surface area contributed by atoms with Gasteiger partial charge < -0.3 is 15.7 Å². The van der Waals surface area contributed by atoms with Crippen LogP contribution in [0.3, 0.4) is 0 Å². The van der Waals surface area contributed by atoms with Crippen molar-refractivity contribution in [2.75, 3.05) is 17.2 Å². The van der Waals surface area contributed by atoms with Gasteiger partial charge in [-0.2, -0.15) is 20.3 Å². The molecule has 0 fully saturated rings. The maximum Gasteiger partial charge on any atom is 0.227 e. The SMILES string of the molecule is CC(=O)c1ccccc1CNc1nc(NCC(C)O)nc2n[nH]nc12. The largest absolute Gasteiger partial charge is 0.392 e. The number of aliphatic hydroxyl groups excluding tert-OH is 1. The highest BCUT2D eigenvalue weighted by Gasteiger charge is 2.13. The summed E-state index contributed by atoms with van der Waals surface area (Å²) >= 11 is 0. The van der Waals surface area contributed by atoms with Gasteiger partial charge in [0.05, 0.1) is 6.10 Å². The van der Waals surface area contributed by atoms with Gasteiger partial charge in [0.2, 0.25) is 11.6 Å². The maximum absolute atomic E-state index is 11.7. The predicted octanol–water partition coefficient (Wildman–Crippen LogP) is 1.36. The number of aliphatic hydroxyl groups is 1. The molecule has 0 radical (unpaired) electrons. The molecular weight excluding hydrogens is 322 g/mol. The van der Waals surface area contributed by atoms with Crippen LogP contribution in [0.2, 0.25) is 0 Å². The number of H-pyrrole nitrogens is 1. The smallest absolute Gasteiger partial charge is 0.227 e. The number of Topliss-reactive ketones (excluding diaryl/α,β-unsaturated/α-hetero) is 1. The molecule has 0 saturated carbocycles. The second kappa shape index (κ2) is 7.22. The van der Waals surface area contributed by atoms with Crippen molar-refractivity contribution < 1.29 is 9.90 Å². The van der Waals surface area contributed by atoms with E-state index in [4.69, 9.17) is 0 Å². The zero-order chi connectivity index (χ0) is 17.8. The molecule has 0 aliphatic heterocycles. The molecular formula is C16H19N7O2. The van der Waals surface area contributed by atoms with E-state index in [2.05, 4.69) is 36.0 Å². The highest BCUT2D eigenvalue weighted by molar-refractivity contribution is 5.95. The molecule has 0 aliphatic carbocycles. The molecule has 3 rings (SSSR count). The standard InChI is InChI=1S/C16H19N7O2/c1-9(24)7-18-16-19-14(13-15(20-16)22-23-21-13)17-8-11-5-3-4-6-12(11)10(2)25/h3-6,9,24H,7-8H2,1-2H3,(H3,17,18,19,20,21,22,23). The van der Waals surface area contributed by atoms with Gasteiger partial charge in [-0.3, -0.25) is 4.79 Å². The number of aromatic nitrogens is 5. The predicted molar refractivity (Wildman–Crippen MR) is 93.4 cm³/mol. The first-order valence-corrected chi connectivity index (χ1v) is 7.87. The molecule has 1 aromatic carbocycles. The summed E-state index contributed by atoms with van der Waals surface area (Å²) in [4.78, 5) is 20.4. The van der Waals surface area contributed by atoms with Crippen LogP contribution in [0.1, 0.15) is 29.8 Å². The second-order valence-corrected chi connectivity index (χ2v) is 5.69. The van der Waals surface area contributed by atoms with E-state index in [1.165, 1.54) is 6.92 Å². The fraction of sp³-hybridized carbons (Fsp3) is 0.312. The number of ketones is 1. The van der Waals surface area contributed by atoms with E-state index in [1.54, 1.807) is 13.0 Å². The first-order valence-electron chi connectivity index (χ1n) is 7.87. The summed E-state index contributed by atoms with van der Waals surface area (Å²) in [5, 5.41) is 26.1. The summed E-state index contributed by atoms with van der Waals surface area (Å²) in [6.45, 7) is 3.93. The Balaban J connectivity index is 1.85. The lowest BCUT2D eigenvalue weighted by Gasteiger charge is -2.11. The highest BCUT2D eigenvalue weighted by Crippen LogP contribution is 2.19. The zero-order valence-electron chi connectivity index (χ0n) is 13.9. The van der Waals surface area contributed by atoms with Crippen molar-refractivity contribution in [2.45, 2.75) is 26.5 Å². The maximum atomic E-state index is 11.7. The van der Waals surface area contributed by atoms with Crippen LogP contribution < -0.4 is 10.6 Å². The quantitative estimate of drug-likeness (QED) is 0.474. The van der Waals surface area contributed by atoms with Gasteiger partial charge in [0, 0.05) is 18.7 Å². The summed E-state index contributed by atoms with van der Waals surface area (Å²) in [5.41, 5.74) is 2.44. The highest BCUT2D eigenvalue weighted by atomic mass is 16.3. The first-order chi connectivity index (χ1) is 12.0. The Morgan fingerprint density at radius 2 is 2.04 bits per heavy atom. The summed E-state index contributed by atoms with van der Waals surface area (Å²) in [6, 6.07) is 7.39. The summed E-state index contributed by atoms with van der Waals surface area (Å²) in [7, 11) is 0. The van der Waals surface area contributed by atoms with Crippen LogP contribution in [0.15, 0.2) is 24.3 Å². The van der Waals surface area contributed by atoms with Crippen molar-refractivity contribution in [3.8, 4) is 0 Å². The Bertz CT molecular complexity index is 891. The Morgan fingerprint density at radius 1 is 1.24 bits per heavy atom. The van der Waals surface area contributed by atoms with E-state index < -0.39 is 6.10 Å². The topological polar surface area (TPSA) is 129 Å². The van der Waals surface area contributed by atoms with Crippen LogP contribution in [0, 0.1) is 0 Å². The average Bonchev–Trinajstić information content (AvgIpc) is 3.06. The fourth-order valence-electron chi connectivity index (χ4n) is 2.38. The van der Waals surface area contributed by atoms with Gasteiger partial charge in [0.15, 0.2) is 17.1 Å². The number of benzene rings is 1. The number of hydrogen-bond donors (Lipinski definition) is 4. The summed E-state index contributed by atoms with van der Waals surface area (Å²) in [6.07, 6.45) is -0.532. The number of nitrogens with one attached hydrogen (secondary N) is 3. The van der Waals surface area contributed by atoms with E-state index >= 15 is 0 Å². The fourth-order valence-corrected chi connectivity index (χ4v) is 2.38. The van der Waals surface area contributed by atoms with Crippen molar-refractivity contribution >= 4 is 28.7 Å². The van der Waals surface area contributed by atoms with Gasteiger partial charge in [0.1, 0.15) is 0 Å². The minimum absolute atomic E-state index is 0.00552. The lowest BCUT2D eigenvalue weighted by atomic mass is 10.0. The van der Waals surface area contributed by atoms with Gasteiger partial charge >= 0.3 is 0 Å². The molecule has 1 unspecified atom stereocenters. The molecule has 0 bridgehead atoms. The monoisotopic (exact) mass is 341 g/mol. The third kappa shape index (κ3) is 3.89. The van der Waals surface area contributed by atoms with Crippen molar-refractivity contribution in [2.24, 2.45) is 0 Å². The van der Waals surface area contributed by atoms with Crippen LogP contribution in [0.25, 0.3) is 11.2 Å². The summed E-state index contributed by atoms with van der Waals surface area (Å²) < 4.78 is 0. The Hall–Kier alpha value is -3.07. The van der Waals surface area contributed by atoms with Gasteiger partial charge in [-0.25, -0.2) is 0 Å². The van der Waals surface area contributed by atoms with E-state index in [0.29, 0.717) is 41.6 Å². The van der Waals surface area contributed by atoms with E-state index in [0.717, 1.165) is 5.56 Å². The van der Waals surface area contributed by atoms with Crippen LogP contribution >= 0.6 is 0 Å². The number of fused-ring (bicyclic) bond motifs is 1. The Kier molecular flexibility index (Phi) is 4.85. The van der Waals surface area contributed by atoms with Gasteiger partial charge in [-0.05, 0) is 19.4 Å². The molecule has 9 heteroatoms. The number of anilines is 2. The average molecular weight is 341 g/mol. The van der Waals surface area contributed by atoms with Gasteiger partial charge in [0.25, 0.3) is 0 Å². The number of carbonyl (C=O) groups is 1. The number of hydrogen-bond acceptors (Lipinski definition) is 8. The van der Waals surface area contributed by atoms with Gasteiger partial charge in [-0.1, -0.05) is 24.3 Å². The Labute approximate surface area is 143 Å². The van der Waals surface area contributed by atoms with Crippen LogP contribution in [-0.4, -0.2) is 48.9 Å². The third-order valence-corrected chi connectivity index (χ3v) is 3.58. The van der Waals surface area contributed by atoms with Crippen molar-refractivity contribution in [3.63, 3.8) is 0 Å². The number of rotatable bonds is 7. The van der Waals surface area contributed by atoms with E-state index in [9.17, 15) is 9.90 Å². The zero-order valence-corrected chi connectivity index (χ0v) is 13.9. The number of carbonyl (C=O) groups excluding carboxylic acids is 1. The molecule has 2 heterocycles.